The highest BCUT2D eigenvalue weighted by molar-refractivity contribution is 5.28. The Bertz CT molecular complexity index is 529. The summed E-state index contributed by atoms with van der Waals surface area (Å²) in [6, 6.07) is 18.6. The van der Waals surface area contributed by atoms with Gasteiger partial charge in [-0.15, -0.1) is 0 Å². The maximum absolute atomic E-state index is 5.78. The molecular weight excluding hydrogens is 260 g/mol. The Labute approximate surface area is 126 Å². The van der Waals surface area contributed by atoms with E-state index in [-0.39, 0.29) is 0 Å². The summed E-state index contributed by atoms with van der Waals surface area (Å²) in [6.45, 7) is 2.38. The van der Waals surface area contributed by atoms with E-state index in [0.717, 1.165) is 31.3 Å². The molecule has 1 saturated carbocycles. The lowest BCUT2D eigenvalue weighted by Crippen LogP contribution is -2.01. The zero-order valence-electron chi connectivity index (χ0n) is 12.3. The van der Waals surface area contributed by atoms with Crippen LogP contribution < -0.4 is 4.74 Å². The van der Waals surface area contributed by atoms with E-state index in [1.807, 2.05) is 30.3 Å². The third-order valence-corrected chi connectivity index (χ3v) is 3.76. The van der Waals surface area contributed by atoms with Crippen LogP contribution in [0.1, 0.15) is 24.0 Å². The highest BCUT2D eigenvalue weighted by Gasteiger charge is 2.20. The van der Waals surface area contributed by atoms with Gasteiger partial charge in [-0.05, 0) is 48.4 Å². The van der Waals surface area contributed by atoms with E-state index >= 15 is 0 Å². The summed E-state index contributed by atoms with van der Waals surface area (Å²) in [5.74, 6) is 1.76. The summed E-state index contributed by atoms with van der Waals surface area (Å²) in [7, 11) is 0. The Balaban J connectivity index is 1.40. The van der Waals surface area contributed by atoms with Crippen LogP contribution in [0.4, 0.5) is 0 Å². The zero-order valence-corrected chi connectivity index (χ0v) is 12.3. The van der Waals surface area contributed by atoms with Crippen molar-refractivity contribution in [2.24, 2.45) is 5.92 Å². The van der Waals surface area contributed by atoms with Gasteiger partial charge in [0.15, 0.2) is 0 Å². The van der Waals surface area contributed by atoms with Gasteiger partial charge in [-0.3, -0.25) is 0 Å². The van der Waals surface area contributed by atoms with E-state index < -0.39 is 0 Å². The second kappa shape index (κ2) is 7.28. The highest BCUT2D eigenvalue weighted by Crippen LogP contribution is 2.28. The van der Waals surface area contributed by atoms with E-state index in [2.05, 4.69) is 24.3 Å². The fraction of sp³-hybridized carbons (Fsp3) is 0.368. The highest BCUT2D eigenvalue weighted by atomic mass is 16.5. The number of benzene rings is 2. The summed E-state index contributed by atoms with van der Waals surface area (Å²) < 4.78 is 11.4. The van der Waals surface area contributed by atoms with Crippen LogP contribution >= 0.6 is 0 Å². The molecule has 0 atom stereocenters. The molecule has 21 heavy (non-hydrogen) atoms. The molecule has 2 heteroatoms. The Morgan fingerprint density at radius 3 is 2.33 bits per heavy atom. The molecule has 2 aromatic rings. The predicted molar refractivity (Wildman–Crippen MR) is 84.5 cm³/mol. The third kappa shape index (κ3) is 4.91. The van der Waals surface area contributed by atoms with Crippen molar-refractivity contribution < 1.29 is 9.47 Å². The molecule has 110 valence electrons. The molecule has 0 saturated heterocycles. The van der Waals surface area contributed by atoms with E-state index in [1.165, 1.54) is 24.0 Å². The molecule has 2 nitrogen and oxygen atoms in total. The molecule has 0 N–H and O–H groups in total. The Kier molecular flexibility index (Phi) is 4.90. The molecular formula is C19H22O2. The first-order chi connectivity index (χ1) is 10.4. The molecule has 0 radical (unpaired) electrons. The molecule has 0 bridgehead atoms. The molecule has 0 aliphatic heterocycles. The van der Waals surface area contributed by atoms with E-state index in [9.17, 15) is 0 Å². The minimum Gasteiger partial charge on any atom is -0.489 e. The molecule has 0 amide bonds. The molecule has 0 spiro atoms. The second-order valence-electron chi connectivity index (χ2n) is 5.69. The topological polar surface area (TPSA) is 18.5 Å². The number of hydrogen-bond donors (Lipinski definition) is 0. The van der Waals surface area contributed by atoms with Gasteiger partial charge in [0, 0.05) is 6.61 Å². The minimum absolute atomic E-state index is 0.616. The van der Waals surface area contributed by atoms with Crippen LogP contribution in [0.25, 0.3) is 0 Å². The first-order valence-electron chi connectivity index (χ1n) is 7.73. The van der Waals surface area contributed by atoms with Gasteiger partial charge >= 0.3 is 0 Å². The van der Waals surface area contributed by atoms with Gasteiger partial charge in [-0.1, -0.05) is 42.5 Å². The van der Waals surface area contributed by atoms with Crippen LogP contribution in [0.2, 0.25) is 0 Å². The Morgan fingerprint density at radius 1 is 0.857 bits per heavy atom. The Morgan fingerprint density at radius 2 is 1.62 bits per heavy atom. The smallest absolute Gasteiger partial charge is 0.119 e. The lowest BCUT2D eigenvalue weighted by molar-refractivity contribution is 0.127. The molecule has 1 aliphatic carbocycles. The van der Waals surface area contributed by atoms with Gasteiger partial charge in [0.2, 0.25) is 0 Å². The molecule has 0 aromatic heterocycles. The fourth-order valence-corrected chi connectivity index (χ4v) is 2.22. The van der Waals surface area contributed by atoms with Gasteiger partial charge in [0.1, 0.15) is 12.4 Å². The number of rotatable bonds is 8. The van der Waals surface area contributed by atoms with Crippen molar-refractivity contribution in [2.75, 3.05) is 13.2 Å². The van der Waals surface area contributed by atoms with Crippen molar-refractivity contribution in [1.29, 1.82) is 0 Å². The van der Waals surface area contributed by atoms with Crippen molar-refractivity contribution in [1.82, 2.24) is 0 Å². The molecule has 0 unspecified atom stereocenters. The lowest BCUT2D eigenvalue weighted by atomic mass is 10.1. The van der Waals surface area contributed by atoms with Crippen LogP contribution in [0.3, 0.4) is 0 Å². The summed E-state index contributed by atoms with van der Waals surface area (Å²) in [5.41, 5.74) is 2.49. The van der Waals surface area contributed by atoms with Gasteiger partial charge in [-0.25, -0.2) is 0 Å². The third-order valence-electron chi connectivity index (χ3n) is 3.76. The van der Waals surface area contributed by atoms with Crippen molar-refractivity contribution in [3.8, 4) is 5.75 Å². The summed E-state index contributed by atoms with van der Waals surface area (Å²) in [6.07, 6.45) is 3.69. The first kappa shape index (κ1) is 14.2. The van der Waals surface area contributed by atoms with Crippen molar-refractivity contribution >= 4 is 0 Å². The van der Waals surface area contributed by atoms with Crippen molar-refractivity contribution in [3.63, 3.8) is 0 Å². The van der Waals surface area contributed by atoms with E-state index in [4.69, 9.17) is 9.47 Å². The molecule has 1 fully saturated rings. The second-order valence-corrected chi connectivity index (χ2v) is 5.69. The first-order valence-corrected chi connectivity index (χ1v) is 7.73. The molecule has 3 rings (SSSR count). The van der Waals surface area contributed by atoms with Crippen LogP contribution in [0.15, 0.2) is 54.6 Å². The number of ether oxygens (including phenoxy) is 2. The monoisotopic (exact) mass is 282 g/mol. The average molecular weight is 282 g/mol. The summed E-state index contributed by atoms with van der Waals surface area (Å²) >= 11 is 0. The summed E-state index contributed by atoms with van der Waals surface area (Å²) in [5, 5.41) is 0. The van der Waals surface area contributed by atoms with Crippen molar-refractivity contribution in [3.05, 3.63) is 65.7 Å². The lowest BCUT2D eigenvalue weighted by Gasteiger charge is -2.08. The maximum atomic E-state index is 5.78. The fourth-order valence-electron chi connectivity index (χ4n) is 2.22. The van der Waals surface area contributed by atoms with Crippen molar-refractivity contribution in [2.45, 2.75) is 25.9 Å². The predicted octanol–water partition coefficient (Wildman–Crippen LogP) is 4.23. The van der Waals surface area contributed by atoms with Gasteiger partial charge in [0.05, 0.1) is 6.61 Å². The largest absolute Gasteiger partial charge is 0.489 e. The molecule has 1 aliphatic rings. The molecule has 0 heterocycles. The van der Waals surface area contributed by atoms with E-state index in [1.54, 1.807) is 0 Å². The van der Waals surface area contributed by atoms with Gasteiger partial charge in [-0.2, -0.15) is 0 Å². The minimum atomic E-state index is 0.616. The van der Waals surface area contributed by atoms with E-state index in [0.29, 0.717) is 6.61 Å². The Hall–Kier alpha value is -1.80. The average Bonchev–Trinajstić information content (AvgIpc) is 3.36. The number of hydrogen-bond acceptors (Lipinski definition) is 2. The van der Waals surface area contributed by atoms with Crippen LogP contribution in [-0.2, 0) is 17.8 Å². The quantitative estimate of drug-likeness (QED) is 0.674. The van der Waals surface area contributed by atoms with Crippen LogP contribution in [0.5, 0.6) is 5.75 Å². The maximum Gasteiger partial charge on any atom is 0.119 e. The van der Waals surface area contributed by atoms with Gasteiger partial charge < -0.3 is 9.47 Å². The molecule has 2 aromatic carbocycles. The SMILES string of the molecule is c1ccc(COc2ccc(CCOCC3CC3)cc2)cc1. The van der Waals surface area contributed by atoms with Crippen LogP contribution in [-0.4, -0.2) is 13.2 Å². The normalized spacial score (nSPS) is 14.1. The van der Waals surface area contributed by atoms with Gasteiger partial charge in [0.25, 0.3) is 0 Å². The summed E-state index contributed by atoms with van der Waals surface area (Å²) in [4.78, 5) is 0. The standard InChI is InChI=1S/C19H22O2/c1-2-4-17(5-3-1)15-21-19-10-8-16(9-11-19)12-13-20-14-18-6-7-18/h1-5,8-11,18H,6-7,12-15H2. The zero-order chi connectivity index (χ0) is 14.3. The van der Waals surface area contributed by atoms with Crippen LogP contribution in [0, 0.1) is 5.92 Å².